The van der Waals surface area contributed by atoms with Crippen LogP contribution in [0.25, 0.3) is 5.65 Å². The number of nitrogens with zero attached hydrogens (tertiary/aromatic N) is 4. The van der Waals surface area contributed by atoms with Crippen LogP contribution in [0.2, 0.25) is 0 Å². The highest BCUT2D eigenvalue weighted by atomic mass is 19.3. The third-order valence-electron chi connectivity index (χ3n) is 6.41. The number of carbonyl (C=O) groups excluding carboxylic acids is 1. The maximum atomic E-state index is 13.3. The van der Waals surface area contributed by atoms with E-state index in [1.54, 1.807) is 25.2 Å². The maximum absolute atomic E-state index is 13.3. The summed E-state index contributed by atoms with van der Waals surface area (Å²) in [7, 11) is 1.69. The van der Waals surface area contributed by atoms with E-state index in [0.29, 0.717) is 25.1 Å². The molecule has 10 nitrogen and oxygen atoms in total. The molecule has 180 valence electrons. The first-order valence-electron chi connectivity index (χ1n) is 11.2. The molecular weight excluding hydrogens is 448 g/mol. The van der Waals surface area contributed by atoms with Gasteiger partial charge in [0.2, 0.25) is 0 Å². The van der Waals surface area contributed by atoms with Crippen molar-refractivity contribution in [2.45, 2.75) is 56.2 Å². The average Bonchev–Trinajstić information content (AvgIpc) is 3.39. The van der Waals surface area contributed by atoms with Gasteiger partial charge in [0.1, 0.15) is 22.9 Å². The molecule has 2 saturated carbocycles. The van der Waals surface area contributed by atoms with Gasteiger partial charge in [-0.25, -0.2) is 13.8 Å². The number of amides is 1. The average molecular weight is 473 g/mol. The summed E-state index contributed by atoms with van der Waals surface area (Å²) in [5.74, 6) is -2.28. The van der Waals surface area contributed by atoms with Crippen molar-refractivity contribution < 1.29 is 18.7 Å². The number of pyridine rings is 1. The fourth-order valence-corrected chi connectivity index (χ4v) is 4.57. The van der Waals surface area contributed by atoms with E-state index >= 15 is 0 Å². The van der Waals surface area contributed by atoms with Crippen molar-refractivity contribution in [1.29, 1.82) is 0 Å². The highest BCUT2D eigenvalue weighted by Crippen LogP contribution is 2.44. The quantitative estimate of drug-likeness (QED) is 0.433. The first-order valence-corrected chi connectivity index (χ1v) is 11.2. The van der Waals surface area contributed by atoms with Crippen LogP contribution in [0.4, 0.5) is 26.1 Å². The number of aliphatic hydroxyl groups is 1. The maximum Gasteiger partial charge on any atom is 0.274 e. The van der Waals surface area contributed by atoms with Crippen LogP contribution in [0.3, 0.4) is 0 Å². The summed E-state index contributed by atoms with van der Waals surface area (Å²) in [4.78, 5) is 30.3. The molecule has 3 heterocycles. The van der Waals surface area contributed by atoms with E-state index in [9.17, 15) is 23.5 Å². The van der Waals surface area contributed by atoms with E-state index in [2.05, 4.69) is 26.0 Å². The van der Waals surface area contributed by atoms with Gasteiger partial charge < -0.3 is 25.6 Å². The summed E-state index contributed by atoms with van der Waals surface area (Å²) in [5, 5.41) is 22.8. The zero-order valence-electron chi connectivity index (χ0n) is 18.5. The lowest BCUT2D eigenvalue weighted by Crippen LogP contribution is -2.41. The third kappa shape index (κ3) is 4.09. The topological polar surface area (TPSA) is 126 Å². The summed E-state index contributed by atoms with van der Waals surface area (Å²) < 4.78 is 29.4. The van der Waals surface area contributed by atoms with Gasteiger partial charge in [-0.3, -0.25) is 9.59 Å². The molecule has 2 aliphatic rings. The molecule has 1 amide bonds. The highest BCUT2D eigenvalue weighted by Gasteiger charge is 2.46. The molecule has 0 saturated heterocycles. The molecule has 0 spiro atoms. The second-order valence-corrected chi connectivity index (χ2v) is 8.88. The molecular formula is C22H25F2N7O3. The molecule has 3 aromatic rings. The number of aliphatic hydroxyl groups excluding tert-OH is 1. The first kappa shape index (κ1) is 22.3. The van der Waals surface area contributed by atoms with E-state index in [-0.39, 0.29) is 47.5 Å². The normalized spacial score (nSPS) is 21.9. The van der Waals surface area contributed by atoms with Crippen LogP contribution in [0, 0.1) is 0 Å². The predicted molar refractivity (Wildman–Crippen MR) is 121 cm³/mol. The van der Waals surface area contributed by atoms with Gasteiger partial charge in [-0.2, -0.15) is 9.61 Å². The Morgan fingerprint density at radius 2 is 2.09 bits per heavy atom. The highest BCUT2D eigenvalue weighted by molar-refractivity contribution is 6.00. The number of hydrogen-bond acceptors (Lipinski definition) is 7. The van der Waals surface area contributed by atoms with Crippen LogP contribution in [0.5, 0.6) is 0 Å². The Morgan fingerprint density at radius 1 is 1.29 bits per heavy atom. The van der Waals surface area contributed by atoms with Crippen LogP contribution >= 0.6 is 0 Å². The summed E-state index contributed by atoms with van der Waals surface area (Å²) in [6.07, 6.45) is 3.61. The molecule has 5 rings (SSSR count). The summed E-state index contributed by atoms with van der Waals surface area (Å²) in [6.45, 7) is 0. The molecule has 2 aliphatic carbocycles. The van der Waals surface area contributed by atoms with Crippen molar-refractivity contribution in [3.8, 4) is 0 Å². The number of rotatable bonds is 6. The molecule has 2 atom stereocenters. The van der Waals surface area contributed by atoms with Crippen LogP contribution in [0.1, 0.15) is 48.5 Å². The first-order chi connectivity index (χ1) is 16.2. The van der Waals surface area contributed by atoms with Gasteiger partial charge in [0, 0.05) is 44.2 Å². The lowest BCUT2D eigenvalue weighted by Gasteiger charge is -2.36. The van der Waals surface area contributed by atoms with Gasteiger partial charge in [0.05, 0.1) is 12.3 Å². The van der Waals surface area contributed by atoms with Crippen molar-refractivity contribution in [1.82, 2.24) is 24.5 Å². The minimum absolute atomic E-state index is 0.121. The summed E-state index contributed by atoms with van der Waals surface area (Å²) >= 11 is 0. The van der Waals surface area contributed by atoms with E-state index in [0.717, 1.165) is 0 Å². The number of nitrogens with one attached hydrogen (secondary N) is 3. The van der Waals surface area contributed by atoms with E-state index in [1.165, 1.54) is 21.5 Å². The Morgan fingerprint density at radius 3 is 2.76 bits per heavy atom. The van der Waals surface area contributed by atoms with Crippen molar-refractivity contribution >= 4 is 28.9 Å². The van der Waals surface area contributed by atoms with Crippen molar-refractivity contribution in [2.75, 3.05) is 17.7 Å². The molecule has 4 N–H and O–H groups in total. The van der Waals surface area contributed by atoms with Crippen molar-refractivity contribution in [3.63, 3.8) is 0 Å². The number of halogens is 2. The second-order valence-electron chi connectivity index (χ2n) is 8.88. The Labute approximate surface area is 193 Å². The smallest absolute Gasteiger partial charge is 0.274 e. The number of aromatic nitrogens is 4. The Kier molecular flexibility index (Phi) is 5.47. The fourth-order valence-electron chi connectivity index (χ4n) is 4.57. The Hall–Kier alpha value is -3.54. The Bertz CT molecular complexity index is 1300. The minimum Gasteiger partial charge on any atom is -0.393 e. The SMILES string of the molecule is CNc1cc(Nc2cccn(C3CC(F)(F)C3)c2=O)nc2c(C(=O)N[C@H]3CC[C@H](O)C3)cnn12. The lowest BCUT2D eigenvalue weighted by molar-refractivity contribution is -0.104. The van der Waals surface area contributed by atoms with Gasteiger partial charge in [-0.05, 0) is 31.4 Å². The zero-order valence-corrected chi connectivity index (χ0v) is 18.5. The van der Waals surface area contributed by atoms with Gasteiger partial charge in [0.25, 0.3) is 17.4 Å². The molecule has 0 unspecified atom stereocenters. The molecule has 0 aliphatic heterocycles. The van der Waals surface area contributed by atoms with Gasteiger partial charge in [-0.15, -0.1) is 0 Å². The number of alkyl halides is 2. The van der Waals surface area contributed by atoms with Crippen LogP contribution in [-0.2, 0) is 0 Å². The minimum atomic E-state index is -2.74. The second kappa shape index (κ2) is 8.35. The van der Waals surface area contributed by atoms with Crippen molar-refractivity contribution in [2.24, 2.45) is 0 Å². The molecule has 34 heavy (non-hydrogen) atoms. The molecule has 3 aromatic heterocycles. The summed E-state index contributed by atoms with van der Waals surface area (Å²) in [6, 6.07) is 4.13. The van der Waals surface area contributed by atoms with E-state index in [1.807, 2.05) is 0 Å². The monoisotopic (exact) mass is 473 g/mol. The Balaban J connectivity index is 1.44. The molecule has 0 aromatic carbocycles. The molecule has 0 bridgehead atoms. The summed E-state index contributed by atoms with van der Waals surface area (Å²) in [5.41, 5.74) is 0.285. The largest absolute Gasteiger partial charge is 0.393 e. The zero-order chi connectivity index (χ0) is 24.0. The van der Waals surface area contributed by atoms with Crippen LogP contribution < -0.4 is 21.5 Å². The molecule has 0 radical (unpaired) electrons. The van der Waals surface area contributed by atoms with Crippen LogP contribution in [-0.4, -0.2) is 55.3 Å². The number of anilines is 3. The molecule has 12 heteroatoms. The van der Waals surface area contributed by atoms with Gasteiger partial charge in [0.15, 0.2) is 5.65 Å². The lowest BCUT2D eigenvalue weighted by atomic mass is 9.88. The number of carbonyl (C=O) groups is 1. The number of hydrogen-bond donors (Lipinski definition) is 4. The molecule has 2 fully saturated rings. The van der Waals surface area contributed by atoms with Crippen LogP contribution in [0.15, 0.2) is 35.4 Å². The van der Waals surface area contributed by atoms with Gasteiger partial charge in [-0.1, -0.05) is 0 Å². The van der Waals surface area contributed by atoms with Crippen molar-refractivity contribution in [3.05, 3.63) is 46.5 Å². The van der Waals surface area contributed by atoms with E-state index < -0.39 is 23.6 Å². The number of fused-ring (bicyclic) bond motifs is 1. The fraction of sp³-hybridized carbons (Fsp3) is 0.455. The predicted octanol–water partition coefficient (Wildman–Crippen LogP) is 2.29. The third-order valence-corrected chi connectivity index (χ3v) is 6.41. The van der Waals surface area contributed by atoms with Gasteiger partial charge >= 0.3 is 0 Å². The van der Waals surface area contributed by atoms with E-state index in [4.69, 9.17) is 0 Å². The standard InChI is InChI=1S/C22H25F2N7O3/c1-25-18-8-17(28-16-3-2-6-30(21(16)34)13-9-22(23,24)10-13)29-19-15(11-26-31(18)19)20(33)27-12-4-5-14(32)7-12/h2-3,6,8,11-14,25,32H,4-5,7,9-10H2,1H3,(H,27,33)(H,28,29)/t12-,14-/m0/s1.